The smallest absolute Gasteiger partial charge is 0.230 e. The Morgan fingerprint density at radius 1 is 1.14 bits per heavy atom. The summed E-state index contributed by atoms with van der Waals surface area (Å²) in [6, 6.07) is 16.2. The molecule has 1 N–H and O–H groups in total. The number of aromatic nitrogens is 2. The van der Waals surface area contributed by atoms with Crippen molar-refractivity contribution in [3.05, 3.63) is 85.9 Å². The lowest BCUT2D eigenvalue weighted by Crippen LogP contribution is -2.15. The number of anilines is 1. The Hall–Kier alpha value is -2.47. The molecule has 4 nitrogen and oxygen atoms in total. The first-order valence-electron chi connectivity index (χ1n) is 9.02. The van der Waals surface area contributed by atoms with Crippen molar-refractivity contribution < 1.29 is 4.79 Å². The molecule has 0 saturated carbocycles. The molecule has 0 aliphatic rings. The minimum Gasteiger partial charge on any atom is -0.309 e. The molecular weight excluding hydrogens is 425 g/mol. The van der Waals surface area contributed by atoms with E-state index in [9.17, 15) is 4.79 Å². The van der Waals surface area contributed by atoms with Gasteiger partial charge in [0, 0.05) is 17.5 Å². The van der Waals surface area contributed by atoms with Crippen molar-refractivity contribution in [2.45, 2.75) is 19.8 Å². The highest BCUT2D eigenvalue weighted by Gasteiger charge is 2.15. The largest absolute Gasteiger partial charge is 0.309 e. The van der Waals surface area contributed by atoms with E-state index in [1.54, 1.807) is 17.4 Å². The number of fused-ring (bicyclic) bond motifs is 1. The Labute approximate surface area is 182 Å². The molecule has 2 aromatic heterocycles. The third kappa shape index (κ3) is 4.58. The summed E-state index contributed by atoms with van der Waals surface area (Å²) in [6.07, 6.45) is 2.40. The number of benzene rings is 2. The average Bonchev–Trinajstić information content (AvgIpc) is 3.03. The monoisotopic (exact) mass is 441 g/mol. The van der Waals surface area contributed by atoms with Crippen LogP contribution in [0.1, 0.15) is 21.1 Å². The van der Waals surface area contributed by atoms with Gasteiger partial charge in [0.1, 0.15) is 0 Å². The van der Waals surface area contributed by atoms with E-state index in [0.717, 1.165) is 22.0 Å². The van der Waals surface area contributed by atoms with E-state index in [0.29, 0.717) is 15.9 Å². The van der Waals surface area contributed by atoms with Crippen molar-refractivity contribution in [2.24, 2.45) is 0 Å². The molecule has 146 valence electrons. The van der Waals surface area contributed by atoms with Crippen LogP contribution in [0.5, 0.6) is 0 Å². The molecule has 0 aliphatic carbocycles. The van der Waals surface area contributed by atoms with Gasteiger partial charge in [-0.1, -0.05) is 65.7 Å². The van der Waals surface area contributed by atoms with Gasteiger partial charge in [0.25, 0.3) is 0 Å². The average molecular weight is 442 g/mol. The van der Waals surface area contributed by atoms with Crippen molar-refractivity contribution in [3.8, 4) is 0 Å². The van der Waals surface area contributed by atoms with Gasteiger partial charge in [0.15, 0.2) is 5.82 Å². The van der Waals surface area contributed by atoms with Gasteiger partial charge < -0.3 is 5.32 Å². The third-order valence-electron chi connectivity index (χ3n) is 4.55. The van der Waals surface area contributed by atoms with E-state index < -0.39 is 0 Å². The van der Waals surface area contributed by atoms with Crippen LogP contribution in [0.4, 0.5) is 5.82 Å². The van der Waals surface area contributed by atoms with Crippen molar-refractivity contribution in [3.63, 3.8) is 0 Å². The number of halogens is 2. The zero-order valence-electron chi connectivity index (χ0n) is 15.6. The third-order valence-corrected chi connectivity index (χ3v) is 6.20. The lowest BCUT2D eigenvalue weighted by atomic mass is 10.0. The second-order valence-corrected chi connectivity index (χ2v) is 8.65. The van der Waals surface area contributed by atoms with Gasteiger partial charge in [-0.15, -0.1) is 11.3 Å². The number of pyridine rings is 1. The normalized spacial score (nSPS) is 11.0. The van der Waals surface area contributed by atoms with E-state index in [-0.39, 0.29) is 12.3 Å². The van der Waals surface area contributed by atoms with E-state index in [4.69, 9.17) is 23.2 Å². The number of rotatable bonds is 5. The summed E-state index contributed by atoms with van der Waals surface area (Å²) >= 11 is 13.5. The van der Waals surface area contributed by atoms with Crippen molar-refractivity contribution in [1.29, 1.82) is 0 Å². The Balaban J connectivity index is 1.49. The summed E-state index contributed by atoms with van der Waals surface area (Å²) in [4.78, 5) is 22.1. The molecular formula is C22H17Cl2N3OS. The number of amides is 1. The Bertz CT molecular complexity index is 1200. The summed E-state index contributed by atoms with van der Waals surface area (Å²) in [6.45, 7) is 1.93. The van der Waals surface area contributed by atoms with Crippen LogP contribution >= 0.6 is 34.5 Å². The van der Waals surface area contributed by atoms with E-state index in [1.807, 2.05) is 19.1 Å². The van der Waals surface area contributed by atoms with E-state index in [1.165, 1.54) is 22.5 Å². The SMILES string of the molecule is Cc1nc(Cc2cccc3ccccc23)sc1CC(=O)Nc1ncc(Cl)cc1Cl. The van der Waals surface area contributed by atoms with Crippen LogP contribution in [0.15, 0.2) is 54.7 Å². The molecule has 0 fully saturated rings. The lowest BCUT2D eigenvalue weighted by molar-refractivity contribution is -0.115. The van der Waals surface area contributed by atoms with Gasteiger partial charge in [-0.2, -0.15) is 0 Å². The predicted octanol–water partition coefficient (Wildman–Crippen LogP) is 6.08. The van der Waals surface area contributed by atoms with Crippen molar-refractivity contribution in [1.82, 2.24) is 9.97 Å². The van der Waals surface area contributed by atoms with Gasteiger partial charge in [0.2, 0.25) is 5.91 Å². The van der Waals surface area contributed by atoms with Crippen LogP contribution in [0.2, 0.25) is 10.0 Å². The fourth-order valence-electron chi connectivity index (χ4n) is 3.17. The molecule has 0 unspecified atom stereocenters. The maximum absolute atomic E-state index is 12.4. The van der Waals surface area contributed by atoms with E-state index in [2.05, 4.69) is 45.6 Å². The highest BCUT2D eigenvalue weighted by molar-refractivity contribution is 7.11. The second-order valence-electron chi connectivity index (χ2n) is 6.64. The zero-order valence-corrected chi connectivity index (χ0v) is 17.9. The minimum atomic E-state index is -0.190. The lowest BCUT2D eigenvalue weighted by Gasteiger charge is -2.06. The summed E-state index contributed by atoms with van der Waals surface area (Å²) in [5.41, 5.74) is 2.10. The zero-order chi connectivity index (χ0) is 20.4. The fourth-order valence-corrected chi connectivity index (χ4v) is 4.68. The van der Waals surface area contributed by atoms with Crippen LogP contribution in [0.3, 0.4) is 0 Å². The summed E-state index contributed by atoms with van der Waals surface area (Å²) in [5, 5.41) is 6.89. The minimum absolute atomic E-state index is 0.190. The number of nitrogens with zero attached hydrogens (tertiary/aromatic N) is 2. The summed E-state index contributed by atoms with van der Waals surface area (Å²) < 4.78 is 0. The van der Waals surface area contributed by atoms with Gasteiger partial charge in [0.05, 0.1) is 27.2 Å². The number of aryl methyl sites for hydroxylation is 1. The second kappa shape index (κ2) is 8.49. The molecule has 29 heavy (non-hydrogen) atoms. The number of hydrogen-bond acceptors (Lipinski definition) is 4. The first-order chi connectivity index (χ1) is 14.0. The molecule has 2 heterocycles. The molecule has 0 radical (unpaired) electrons. The molecule has 4 aromatic rings. The standard InChI is InChI=1S/C22H17Cl2N3OS/c1-13-19(11-20(28)27-22-18(24)10-16(23)12-25-22)29-21(26-13)9-15-7-4-6-14-5-2-3-8-17(14)15/h2-8,10,12H,9,11H2,1H3,(H,25,27,28). The number of thiazole rings is 1. The molecule has 0 bridgehead atoms. The van der Waals surface area contributed by atoms with Gasteiger partial charge in [-0.3, -0.25) is 4.79 Å². The number of nitrogens with one attached hydrogen (secondary N) is 1. The van der Waals surface area contributed by atoms with Crippen LogP contribution in [-0.2, 0) is 17.6 Å². The molecule has 0 aliphatic heterocycles. The van der Waals surface area contributed by atoms with E-state index >= 15 is 0 Å². The molecule has 0 spiro atoms. The van der Waals surface area contributed by atoms with Crippen LogP contribution in [-0.4, -0.2) is 15.9 Å². The Morgan fingerprint density at radius 2 is 1.93 bits per heavy atom. The quantitative estimate of drug-likeness (QED) is 0.408. The van der Waals surface area contributed by atoms with Crippen molar-refractivity contribution >= 4 is 57.0 Å². The van der Waals surface area contributed by atoms with Crippen LogP contribution < -0.4 is 5.32 Å². The van der Waals surface area contributed by atoms with Crippen LogP contribution in [0, 0.1) is 6.92 Å². The molecule has 0 saturated heterocycles. The number of hydrogen-bond donors (Lipinski definition) is 1. The maximum Gasteiger partial charge on any atom is 0.230 e. The summed E-state index contributed by atoms with van der Waals surface area (Å²) in [5.74, 6) is 0.115. The van der Waals surface area contributed by atoms with Crippen LogP contribution in [0.25, 0.3) is 10.8 Å². The molecule has 4 rings (SSSR count). The van der Waals surface area contributed by atoms with Gasteiger partial charge >= 0.3 is 0 Å². The first kappa shape index (κ1) is 19.8. The fraction of sp³-hybridized carbons (Fsp3) is 0.136. The Morgan fingerprint density at radius 3 is 2.76 bits per heavy atom. The van der Waals surface area contributed by atoms with Crippen molar-refractivity contribution in [2.75, 3.05) is 5.32 Å². The maximum atomic E-state index is 12.4. The topological polar surface area (TPSA) is 54.9 Å². The highest BCUT2D eigenvalue weighted by atomic mass is 35.5. The number of carbonyl (C=O) groups excluding carboxylic acids is 1. The summed E-state index contributed by atoms with van der Waals surface area (Å²) in [7, 11) is 0. The molecule has 1 amide bonds. The molecule has 7 heteroatoms. The Kier molecular flexibility index (Phi) is 5.81. The first-order valence-corrected chi connectivity index (χ1v) is 10.6. The highest BCUT2D eigenvalue weighted by Crippen LogP contribution is 2.26. The van der Waals surface area contributed by atoms with Gasteiger partial charge in [-0.25, -0.2) is 9.97 Å². The predicted molar refractivity (Wildman–Crippen MR) is 120 cm³/mol. The van der Waals surface area contributed by atoms with Gasteiger partial charge in [-0.05, 0) is 29.3 Å². The molecule has 2 aromatic carbocycles. The molecule has 0 atom stereocenters. The number of carbonyl (C=O) groups is 1.